The lowest BCUT2D eigenvalue weighted by Gasteiger charge is -2.18. The Bertz CT molecular complexity index is 559. The smallest absolute Gasteiger partial charge is 0.144 e. The van der Waals surface area contributed by atoms with E-state index in [9.17, 15) is 0 Å². The molecule has 1 N–H and O–H groups in total. The summed E-state index contributed by atoms with van der Waals surface area (Å²) in [5.74, 6) is 1.77. The van der Waals surface area contributed by atoms with Crippen molar-refractivity contribution in [3.63, 3.8) is 0 Å². The van der Waals surface area contributed by atoms with Gasteiger partial charge in [0, 0.05) is 24.3 Å². The Morgan fingerprint density at radius 1 is 1.25 bits per heavy atom. The van der Waals surface area contributed by atoms with Crippen LogP contribution in [0.3, 0.4) is 0 Å². The quantitative estimate of drug-likeness (QED) is 0.881. The molecule has 0 aliphatic heterocycles. The van der Waals surface area contributed by atoms with Crippen LogP contribution in [-0.2, 0) is 13.0 Å². The van der Waals surface area contributed by atoms with Gasteiger partial charge < -0.3 is 10.2 Å². The van der Waals surface area contributed by atoms with Gasteiger partial charge in [0.15, 0.2) is 0 Å². The third kappa shape index (κ3) is 4.02. The SMILES string of the molecule is CNCc1nccc(N(C)CCc2ccccc2Br)n1. The molecular weight excluding hydrogens is 316 g/mol. The van der Waals surface area contributed by atoms with Gasteiger partial charge in [0.05, 0.1) is 6.54 Å². The summed E-state index contributed by atoms with van der Waals surface area (Å²) in [4.78, 5) is 10.9. The van der Waals surface area contributed by atoms with E-state index in [0.717, 1.165) is 29.1 Å². The van der Waals surface area contributed by atoms with Gasteiger partial charge >= 0.3 is 0 Å². The Hall–Kier alpha value is -1.46. The van der Waals surface area contributed by atoms with Gasteiger partial charge in [0.1, 0.15) is 11.6 Å². The molecule has 2 aromatic rings. The molecule has 0 saturated carbocycles. The lowest BCUT2D eigenvalue weighted by atomic mass is 10.1. The van der Waals surface area contributed by atoms with Crippen molar-refractivity contribution in [3.8, 4) is 0 Å². The molecule has 0 atom stereocenters. The van der Waals surface area contributed by atoms with Crippen molar-refractivity contribution in [2.75, 3.05) is 25.5 Å². The number of aromatic nitrogens is 2. The van der Waals surface area contributed by atoms with Crippen LogP contribution < -0.4 is 10.2 Å². The van der Waals surface area contributed by atoms with Crippen LogP contribution in [0.2, 0.25) is 0 Å². The maximum atomic E-state index is 4.54. The van der Waals surface area contributed by atoms with Crippen LogP contribution in [0.15, 0.2) is 41.0 Å². The molecule has 0 amide bonds. The molecule has 0 aliphatic carbocycles. The van der Waals surface area contributed by atoms with Crippen molar-refractivity contribution in [2.45, 2.75) is 13.0 Å². The van der Waals surface area contributed by atoms with Crippen molar-refractivity contribution >= 4 is 21.7 Å². The van der Waals surface area contributed by atoms with E-state index in [4.69, 9.17) is 0 Å². The van der Waals surface area contributed by atoms with Gasteiger partial charge in [0.2, 0.25) is 0 Å². The first-order chi connectivity index (χ1) is 9.70. The van der Waals surface area contributed by atoms with Gasteiger partial charge in [-0.1, -0.05) is 34.1 Å². The van der Waals surface area contributed by atoms with Gasteiger partial charge in [0.25, 0.3) is 0 Å². The lowest BCUT2D eigenvalue weighted by Crippen LogP contribution is -2.22. The number of halogens is 1. The molecule has 0 fully saturated rings. The van der Waals surface area contributed by atoms with Crippen LogP contribution in [0.1, 0.15) is 11.4 Å². The second kappa shape index (κ2) is 7.36. The zero-order chi connectivity index (χ0) is 14.4. The topological polar surface area (TPSA) is 41.1 Å². The number of anilines is 1. The normalized spacial score (nSPS) is 10.6. The summed E-state index contributed by atoms with van der Waals surface area (Å²) < 4.78 is 1.16. The molecule has 1 heterocycles. The highest BCUT2D eigenvalue weighted by Crippen LogP contribution is 2.17. The minimum absolute atomic E-state index is 0.686. The second-order valence-electron chi connectivity index (χ2n) is 4.62. The van der Waals surface area contributed by atoms with Gasteiger partial charge in [-0.25, -0.2) is 9.97 Å². The van der Waals surface area contributed by atoms with Crippen LogP contribution >= 0.6 is 15.9 Å². The summed E-state index contributed by atoms with van der Waals surface area (Å²) in [7, 11) is 3.95. The van der Waals surface area contributed by atoms with Crippen LogP contribution in [0.25, 0.3) is 0 Å². The Kier molecular flexibility index (Phi) is 5.49. The molecule has 2 rings (SSSR count). The van der Waals surface area contributed by atoms with E-state index in [2.05, 4.69) is 61.4 Å². The number of rotatable bonds is 6. The van der Waals surface area contributed by atoms with Crippen molar-refractivity contribution in [1.29, 1.82) is 0 Å². The fourth-order valence-corrected chi connectivity index (χ4v) is 2.43. The molecule has 0 bridgehead atoms. The van der Waals surface area contributed by atoms with E-state index in [-0.39, 0.29) is 0 Å². The number of nitrogens with one attached hydrogen (secondary N) is 1. The number of likely N-dealkylation sites (N-methyl/N-ethyl adjacent to an activating group) is 1. The summed E-state index contributed by atoms with van der Waals surface area (Å²) >= 11 is 3.58. The minimum atomic E-state index is 0.686. The predicted octanol–water partition coefficient (Wildman–Crippen LogP) is 2.64. The van der Waals surface area contributed by atoms with E-state index >= 15 is 0 Å². The summed E-state index contributed by atoms with van der Waals surface area (Å²) in [5.41, 5.74) is 1.31. The Labute approximate surface area is 128 Å². The molecule has 0 unspecified atom stereocenters. The molecule has 0 spiro atoms. The summed E-state index contributed by atoms with van der Waals surface area (Å²) in [6.45, 7) is 1.60. The third-order valence-electron chi connectivity index (χ3n) is 3.09. The molecule has 0 radical (unpaired) electrons. The van der Waals surface area contributed by atoms with E-state index < -0.39 is 0 Å². The first-order valence-corrected chi connectivity index (χ1v) is 7.41. The van der Waals surface area contributed by atoms with Gasteiger partial charge in [-0.15, -0.1) is 0 Å². The molecule has 1 aromatic heterocycles. The Morgan fingerprint density at radius 3 is 2.80 bits per heavy atom. The van der Waals surface area contributed by atoms with Gasteiger partial charge in [-0.2, -0.15) is 0 Å². The molecule has 0 aliphatic rings. The third-order valence-corrected chi connectivity index (χ3v) is 3.86. The largest absolute Gasteiger partial charge is 0.359 e. The van der Waals surface area contributed by atoms with E-state index in [1.807, 2.05) is 25.4 Å². The van der Waals surface area contributed by atoms with Crippen molar-refractivity contribution in [2.24, 2.45) is 0 Å². The molecule has 4 nitrogen and oxygen atoms in total. The molecule has 5 heteroatoms. The Balaban J connectivity index is 1.99. The van der Waals surface area contributed by atoms with E-state index in [1.165, 1.54) is 5.56 Å². The van der Waals surface area contributed by atoms with E-state index in [1.54, 1.807) is 0 Å². The van der Waals surface area contributed by atoms with Crippen molar-refractivity contribution in [1.82, 2.24) is 15.3 Å². The monoisotopic (exact) mass is 334 g/mol. The number of nitrogens with zero attached hydrogens (tertiary/aromatic N) is 3. The summed E-state index contributed by atoms with van der Waals surface area (Å²) in [6.07, 6.45) is 2.78. The Morgan fingerprint density at radius 2 is 2.05 bits per heavy atom. The van der Waals surface area contributed by atoms with Crippen LogP contribution in [-0.4, -0.2) is 30.6 Å². The average Bonchev–Trinajstić information content (AvgIpc) is 2.47. The van der Waals surface area contributed by atoms with Crippen LogP contribution in [0.5, 0.6) is 0 Å². The molecular formula is C15H19BrN4. The molecule has 1 aromatic carbocycles. The fourth-order valence-electron chi connectivity index (χ4n) is 1.95. The molecule has 106 valence electrons. The number of benzene rings is 1. The maximum absolute atomic E-state index is 4.54. The van der Waals surface area contributed by atoms with Gasteiger partial charge in [-0.05, 0) is 31.2 Å². The summed E-state index contributed by atoms with van der Waals surface area (Å²) in [5, 5.41) is 3.07. The fraction of sp³-hybridized carbons (Fsp3) is 0.333. The first kappa shape index (κ1) is 14.9. The molecule has 20 heavy (non-hydrogen) atoms. The minimum Gasteiger partial charge on any atom is -0.359 e. The highest BCUT2D eigenvalue weighted by molar-refractivity contribution is 9.10. The number of hydrogen-bond acceptors (Lipinski definition) is 4. The van der Waals surface area contributed by atoms with Crippen molar-refractivity contribution in [3.05, 3.63) is 52.4 Å². The van der Waals surface area contributed by atoms with Crippen LogP contribution in [0, 0.1) is 0 Å². The van der Waals surface area contributed by atoms with Crippen LogP contribution in [0.4, 0.5) is 5.82 Å². The number of hydrogen-bond donors (Lipinski definition) is 1. The lowest BCUT2D eigenvalue weighted by molar-refractivity contribution is 0.749. The van der Waals surface area contributed by atoms with Gasteiger partial charge in [-0.3, -0.25) is 0 Å². The first-order valence-electron chi connectivity index (χ1n) is 6.62. The highest BCUT2D eigenvalue weighted by Gasteiger charge is 2.06. The molecule has 0 saturated heterocycles. The standard InChI is InChI=1S/C15H19BrN4/c1-17-11-14-18-9-7-15(19-14)20(2)10-8-12-5-3-4-6-13(12)16/h3-7,9,17H,8,10-11H2,1-2H3. The second-order valence-corrected chi connectivity index (χ2v) is 5.48. The zero-order valence-corrected chi connectivity index (χ0v) is 13.4. The van der Waals surface area contributed by atoms with Crippen molar-refractivity contribution < 1.29 is 0 Å². The van der Waals surface area contributed by atoms with E-state index in [0.29, 0.717) is 6.54 Å². The average molecular weight is 335 g/mol. The highest BCUT2D eigenvalue weighted by atomic mass is 79.9. The zero-order valence-electron chi connectivity index (χ0n) is 11.8. The predicted molar refractivity (Wildman–Crippen MR) is 85.9 cm³/mol. The summed E-state index contributed by atoms with van der Waals surface area (Å²) in [6, 6.07) is 10.3. The maximum Gasteiger partial charge on any atom is 0.144 e.